The van der Waals surface area contributed by atoms with E-state index in [0.717, 1.165) is 0 Å². The highest BCUT2D eigenvalue weighted by molar-refractivity contribution is 9.10. The Kier molecular flexibility index (Phi) is 8.26. The number of aromatic hydroxyl groups is 1. The van der Waals surface area contributed by atoms with E-state index in [1.54, 1.807) is 49.6 Å². The second kappa shape index (κ2) is 11.5. The quantitative estimate of drug-likeness (QED) is 0.224. The van der Waals surface area contributed by atoms with E-state index in [1.807, 2.05) is 6.07 Å². The number of halogens is 1. The molecular formula is C25H20BrN3O5. The van der Waals surface area contributed by atoms with Gasteiger partial charge in [-0.15, -0.1) is 0 Å². The fraction of sp³-hybridized carbons (Fsp3) is 0.0800. The van der Waals surface area contributed by atoms with Gasteiger partial charge in [-0.25, -0.2) is 0 Å². The van der Waals surface area contributed by atoms with Crippen molar-refractivity contribution in [1.29, 1.82) is 5.26 Å². The highest BCUT2D eigenvalue weighted by Gasteiger charge is 2.11. The first-order valence-corrected chi connectivity index (χ1v) is 10.8. The third-order valence-corrected chi connectivity index (χ3v) is 5.11. The highest BCUT2D eigenvalue weighted by Crippen LogP contribution is 2.27. The average molecular weight is 522 g/mol. The molecule has 0 fully saturated rings. The summed E-state index contributed by atoms with van der Waals surface area (Å²) in [4.78, 5) is 24.6. The first-order valence-electron chi connectivity index (χ1n) is 9.96. The summed E-state index contributed by atoms with van der Waals surface area (Å²) < 4.78 is 11.2. The van der Waals surface area contributed by atoms with Gasteiger partial charge in [0.15, 0.2) is 6.61 Å². The number of ether oxygens (including phenoxy) is 2. The van der Waals surface area contributed by atoms with Gasteiger partial charge >= 0.3 is 0 Å². The molecular weight excluding hydrogens is 502 g/mol. The monoisotopic (exact) mass is 521 g/mol. The number of amides is 2. The van der Waals surface area contributed by atoms with Crippen LogP contribution >= 0.6 is 15.9 Å². The Bertz CT molecular complexity index is 1250. The molecule has 34 heavy (non-hydrogen) atoms. The third-order valence-electron chi connectivity index (χ3n) is 4.49. The molecule has 0 aliphatic carbocycles. The van der Waals surface area contributed by atoms with Crippen molar-refractivity contribution in [3.8, 4) is 23.3 Å². The van der Waals surface area contributed by atoms with E-state index in [4.69, 9.17) is 9.47 Å². The van der Waals surface area contributed by atoms with E-state index in [1.165, 1.54) is 30.3 Å². The summed E-state index contributed by atoms with van der Waals surface area (Å²) in [5.74, 6) is 0.261. The SMILES string of the molecule is COc1ccc(NC(=O)COc2ccc(/C=C(\C#N)C(=O)Nc3ccc(O)cc3)cc2Br)cc1. The number of nitriles is 1. The van der Waals surface area contributed by atoms with Crippen LogP contribution in [0.15, 0.2) is 76.8 Å². The molecule has 0 saturated heterocycles. The summed E-state index contributed by atoms with van der Waals surface area (Å²) in [6.45, 7) is -0.210. The lowest BCUT2D eigenvalue weighted by Gasteiger charge is -2.10. The van der Waals surface area contributed by atoms with Crippen LogP contribution in [0.2, 0.25) is 0 Å². The number of hydrogen-bond donors (Lipinski definition) is 3. The second-order valence-electron chi connectivity index (χ2n) is 6.93. The molecule has 0 bridgehead atoms. The Labute approximate surface area is 204 Å². The molecule has 8 nitrogen and oxygen atoms in total. The zero-order chi connectivity index (χ0) is 24.5. The summed E-state index contributed by atoms with van der Waals surface area (Å²) in [6.07, 6.45) is 1.43. The van der Waals surface area contributed by atoms with E-state index in [-0.39, 0.29) is 23.8 Å². The van der Waals surface area contributed by atoms with Crippen LogP contribution in [0, 0.1) is 11.3 Å². The third kappa shape index (κ3) is 6.85. The van der Waals surface area contributed by atoms with Crippen molar-refractivity contribution in [2.45, 2.75) is 0 Å². The van der Waals surface area contributed by atoms with Gasteiger partial charge in [-0.3, -0.25) is 9.59 Å². The molecule has 9 heteroatoms. The lowest BCUT2D eigenvalue weighted by molar-refractivity contribution is -0.118. The number of methoxy groups -OCH3 is 1. The molecule has 3 N–H and O–H groups in total. The Balaban J connectivity index is 1.60. The number of phenolic OH excluding ortho intramolecular Hbond substituents is 1. The maximum absolute atomic E-state index is 12.4. The number of nitrogens with zero attached hydrogens (tertiary/aromatic N) is 1. The molecule has 3 aromatic rings. The first kappa shape index (κ1) is 24.4. The minimum absolute atomic E-state index is 0.0689. The van der Waals surface area contributed by atoms with Crippen molar-refractivity contribution >= 4 is 45.2 Å². The smallest absolute Gasteiger partial charge is 0.266 e. The molecule has 0 aromatic heterocycles. The highest BCUT2D eigenvalue weighted by atomic mass is 79.9. The maximum atomic E-state index is 12.4. The first-order chi connectivity index (χ1) is 16.4. The number of carbonyl (C=O) groups is 2. The number of rotatable bonds is 8. The van der Waals surface area contributed by atoms with Crippen molar-refractivity contribution in [1.82, 2.24) is 0 Å². The molecule has 3 aromatic carbocycles. The average Bonchev–Trinajstić information content (AvgIpc) is 2.83. The summed E-state index contributed by atoms with van der Waals surface area (Å²) in [7, 11) is 1.56. The van der Waals surface area contributed by atoms with Crippen LogP contribution in [0.5, 0.6) is 17.2 Å². The Morgan fingerprint density at radius 2 is 1.68 bits per heavy atom. The van der Waals surface area contributed by atoms with E-state index >= 15 is 0 Å². The van der Waals surface area contributed by atoms with Gasteiger partial charge in [-0.1, -0.05) is 6.07 Å². The van der Waals surface area contributed by atoms with Crippen LogP contribution in [0.3, 0.4) is 0 Å². The Hall–Kier alpha value is -4.29. The van der Waals surface area contributed by atoms with Gasteiger partial charge < -0.3 is 25.2 Å². The van der Waals surface area contributed by atoms with Crippen molar-refractivity contribution in [2.75, 3.05) is 24.4 Å². The summed E-state index contributed by atoms with van der Waals surface area (Å²) >= 11 is 3.38. The Morgan fingerprint density at radius 1 is 1.03 bits per heavy atom. The standard InChI is InChI=1S/C25H20BrN3O5/c1-33-21-9-5-18(6-10-21)28-24(31)15-34-23-11-2-16(13-22(23)26)12-17(14-27)25(32)29-19-3-7-20(30)8-4-19/h2-13,30H,15H2,1H3,(H,28,31)(H,29,32)/b17-12+. The van der Waals surface area contributed by atoms with Crippen molar-refractivity contribution < 1.29 is 24.2 Å². The molecule has 0 unspecified atom stereocenters. The molecule has 0 aliphatic heterocycles. The predicted octanol–water partition coefficient (Wildman–Crippen LogP) is 4.73. The van der Waals surface area contributed by atoms with Crippen LogP contribution in [0.1, 0.15) is 5.56 Å². The van der Waals surface area contributed by atoms with Gasteiger partial charge in [0.1, 0.15) is 28.9 Å². The van der Waals surface area contributed by atoms with Crippen molar-refractivity contribution in [3.05, 3.63) is 82.3 Å². The van der Waals surface area contributed by atoms with E-state index in [2.05, 4.69) is 26.6 Å². The van der Waals surface area contributed by atoms with Crippen LogP contribution < -0.4 is 20.1 Å². The second-order valence-corrected chi connectivity index (χ2v) is 7.78. The summed E-state index contributed by atoms with van der Waals surface area (Å²) in [5.41, 5.74) is 1.54. The number of anilines is 2. The number of nitrogens with one attached hydrogen (secondary N) is 2. The van der Waals surface area contributed by atoms with Gasteiger partial charge in [0.25, 0.3) is 11.8 Å². The molecule has 0 spiro atoms. The minimum Gasteiger partial charge on any atom is -0.508 e. The number of phenols is 1. The summed E-state index contributed by atoms with van der Waals surface area (Å²) in [5, 5.41) is 24.0. The van der Waals surface area contributed by atoms with Gasteiger partial charge in [0.2, 0.25) is 0 Å². The molecule has 0 aliphatic rings. The predicted molar refractivity (Wildman–Crippen MR) is 132 cm³/mol. The van der Waals surface area contributed by atoms with Gasteiger partial charge in [0, 0.05) is 11.4 Å². The van der Waals surface area contributed by atoms with Gasteiger partial charge in [-0.05, 0) is 88.2 Å². The number of hydrogen-bond acceptors (Lipinski definition) is 6. The topological polar surface area (TPSA) is 121 Å². The fourth-order valence-corrected chi connectivity index (χ4v) is 3.31. The molecule has 0 radical (unpaired) electrons. The lowest BCUT2D eigenvalue weighted by Crippen LogP contribution is -2.20. The largest absolute Gasteiger partial charge is 0.508 e. The number of carbonyl (C=O) groups excluding carboxylic acids is 2. The normalized spacial score (nSPS) is 10.7. The van der Waals surface area contributed by atoms with E-state index < -0.39 is 5.91 Å². The Morgan fingerprint density at radius 3 is 2.29 bits per heavy atom. The molecule has 172 valence electrons. The molecule has 3 rings (SSSR count). The lowest BCUT2D eigenvalue weighted by atomic mass is 10.1. The van der Waals surface area contributed by atoms with E-state index in [0.29, 0.717) is 32.9 Å². The van der Waals surface area contributed by atoms with Gasteiger partial charge in [0.05, 0.1) is 11.6 Å². The van der Waals surface area contributed by atoms with Crippen LogP contribution in [0.4, 0.5) is 11.4 Å². The van der Waals surface area contributed by atoms with E-state index in [9.17, 15) is 20.0 Å². The molecule has 0 heterocycles. The van der Waals surface area contributed by atoms with Crippen LogP contribution in [-0.2, 0) is 9.59 Å². The van der Waals surface area contributed by atoms with Crippen molar-refractivity contribution in [2.24, 2.45) is 0 Å². The fourth-order valence-electron chi connectivity index (χ4n) is 2.80. The molecule has 2 amide bonds. The van der Waals surface area contributed by atoms with Crippen molar-refractivity contribution in [3.63, 3.8) is 0 Å². The molecule has 0 saturated carbocycles. The maximum Gasteiger partial charge on any atom is 0.266 e. The summed E-state index contributed by atoms with van der Waals surface area (Å²) in [6, 6.07) is 19.7. The zero-order valence-electron chi connectivity index (χ0n) is 18.0. The number of benzene rings is 3. The van der Waals surface area contributed by atoms with Gasteiger partial charge in [-0.2, -0.15) is 5.26 Å². The molecule has 0 atom stereocenters. The minimum atomic E-state index is -0.583. The zero-order valence-corrected chi connectivity index (χ0v) is 19.6. The van der Waals surface area contributed by atoms with Crippen LogP contribution in [0.25, 0.3) is 6.08 Å². The van der Waals surface area contributed by atoms with Crippen LogP contribution in [-0.4, -0.2) is 30.6 Å².